The van der Waals surface area contributed by atoms with Crippen molar-refractivity contribution in [3.05, 3.63) is 41.5 Å². The van der Waals surface area contributed by atoms with E-state index in [4.69, 9.17) is 5.26 Å². The van der Waals surface area contributed by atoms with E-state index in [1.54, 1.807) is 12.3 Å². The molecule has 1 N–H and O–H groups in total. The van der Waals surface area contributed by atoms with Crippen LogP contribution in [0.5, 0.6) is 0 Å². The van der Waals surface area contributed by atoms with Crippen molar-refractivity contribution < 1.29 is 4.79 Å². The van der Waals surface area contributed by atoms with Gasteiger partial charge in [-0.1, -0.05) is 31.2 Å². The topological polar surface area (TPSA) is 52.9 Å². The Morgan fingerprint density at radius 1 is 1.47 bits per heavy atom. The first-order chi connectivity index (χ1) is 7.26. The van der Waals surface area contributed by atoms with Gasteiger partial charge in [-0.3, -0.25) is 10.1 Å². The predicted octanol–water partition coefficient (Wildman–Crippen LogP) is 1.86. The predicted molar refractivity (Wildman–Crippen MR) is 58.6 cm³/mol. The van der Waals surface area contributed by atoms with Crippen LogP contribution in [0.3, 0.4) is 0 Å². The maximum absolute atomic E-state index is 10.9. The molecule has 1 aromatic carbocycles. The summed E-state index contributed by atoms with van der Waals surface area (Å²) in [6, 6.07) is 7.91. The highest BCUT2D eigenvalue weighted by molar-refractivity contribution is 5.92. The molecule has 0 atom stereocenters. The highest BCUT2D eigenvalue weighted by atomic mass is 16.1. The fourth-order valence-electron chi connectivity index (χ4n) is 1.13. The largest absolute Gasteiger partial charge is 0.269 e. The normalized spacial score (nSPS) is 9.87. The molecule has 0 aromatic heterocycles. The lowest BCUT2D eigenvalue weighted by Crippen LogP contribution is -2.13. The summed E-state index contributed by atoms with van der Waals surface area (Å²) in [5.74, 6) is -0.405. The van der Waals surface area contributed by atoms with E-state index in [1.165, 1.54) is 11.6 Å². The van der Waals surface area contributed by atoms with Crippen LogP contribution < -0.4 is 5.32 Å². The van der Waals surface area contributed by atoms with E-state index >= 15 is 0 Å². The SMILES string of the molecule is CCc1ccc(C=CC(=O)NC#N)cc1. The van der Waals surface area contributed by atoms with E-state index in [9.17, 15) is 4.79 Å². The number of nitrogens with zero attached hydrogens (tertiary/aromatic N) is 1. The van der Waals surface area contributed by atoms with E-state index < -0.39 is 5.91 Å². The Morgan fingerprint density at radius 2 is 2.13 bits per heavy atom. The Morgan fingerprint density at radius 3 is 2.67 bits per heavy atom. The second kappa shape index (κ2) is 5.61. The lowest BCUT2D eigenvalue weighted by atomic mass is 10.1. The minimum absolute atomic E-state index is 0.405. The first-order valence-electron chi connectivity index (χ1n) is 4.72. The third-order valence-corrected chi connectivity index (χ3v) is 1.99. The van der Waals surface area contributed by atoms with Crippen molar-refractivity contribution in [1.82, 2.24) is 5.32 Å². The molecule has 3 nitrogen and oxygen atoms in total. The molecule has 0 heterocycles. The molecule has 1 rings (SSSR count). The van der Waals surface area contributed by atoms with Gasteiger partial charge in [0.1, 0.15) is 0 Å². The van der Waals surface area contributed by atoms with Crippen molar-refractivity contribution in [2.75, 3.05) is 0 Å². The molecule has 0 saturated carbocycles. The zero-order chi connectivity index (χ0) is 11.1. The Hall–Kier alpha value is -2.08. The van der Waals surface area contributed by atoms with Gasteiger partial charge < -0.3 is 0 Å². The summed E-state index contributed by atoms with van der Waals surface area (Å²) < 4.78 is 0. The zero-order valence-electron chi connectivity index (χ0n) is 8.53. The van der Waals surface area contributed by atoms with Crippen LogP contribution in [0.1, 0.15) is 18.1 Å². The summed E-state index contributed by atoms with van der Waals surface area (Å²) in [5.41, 5.74) is 2.20. The molecule has 1 amide bonds. The summed E-state index contributed by atoms with van der Waals surface area (Å²) >= 11 is 0. The number of amides is 1. The van der Waals surface area contributed by atoms with Crippen LogP contribution in [0, 0.1) is 11.5 Å². The van der Waals surface area contributed by atoms with Gasteiger partial charge in [0.05, 0.1) is 0 Å². The van der Waals surface area contributed by atoms with Gasteiger partial charge in [0.15, 0.2) is 6.19 Å². The van der Waals surface area contributed by atoms with Crippen LogP contribution in [0.15, 0.2) is 30.3 Å². The average molecular weight is 200 g/mol. The highest BCUT2D eigenvalue weighted by Crippen LogP contribution is 2.06. The van der Waals surface area contributed by atoms with Gasteiger partial charge in [0, 0.05) is 6.08 Å². The van der Waals surface area contributed by atoms with Gasteiger partial charge in [-0.05, 0) is 23.6 Å². The number of aryl methyl sites for hydroxylation is 1. The van der Waals surface area contributed by atoms with E-state index in [0.717, 1.165) is 12.0 Å². The molecule has 0 aliphatic carbocycles. The van der Waals surface area contributed by atoms with Gasteiger partial charge in [-0.15, -0.1) is 0 Å². The van der Waals surface area contributed by atoms with E-state index in [-0.39, 0.29) is 0 Å². The van der Waals surface area contributed by atoms with Gasteiger partial charge in [-0.25, -0.2) is 0 Å². The van der Waals surface area contributed by atoms with E-state index in [0.29, 0.717) is 0 Å². The van der Waals surface area contributed by atoms with Crippen LogP contribution in [-0.2, 0) is 11.2 Å². The molecule has 0 radical (unpaired) electrons. The molecule has 0 fully saturated rings. The molecule has 0 spiro atoms. The molecule has 15 heavy (non-hydrogen) atoms. The molecule has 0 saturated heterocycles. The van der Waals surface area contributed by atoms with Gasteiger partial charge in [0.25, 0.3) is 5.91 Å². The summed E-state index contributed by atoms with van der Waals surface area (Å²) in [7, 11) is 0. The zero-order valence-corrected chi connectivity index (χ0v) is 8.53. The highest BCUT2D eigenvalue weighted by Gasteiger charge is 1.92. The molecular weight excluding hydrogens is 188 g/mol. The number of nitrogens with one attached hydrogen (secondary N) is 1. The Bertz CT molecular complexity index is 399. The summed E-state index contributed by atoms with van der Waals surface area (Å²) in [5, 5.41) is 10.2. The third kappa shape index (κ3) is 3.65. The molecule has 0 aliphatic rings. The van der Waals surface area contributed by atoms with Crippen molar-refractivity contribution in [1.29, 1.82) is 5.26 Å². The van der Waals surface area contributed by atoms with Gasteiger partial charge >= 0.3 is 0 Å². The fraction of sp³-hybridized carbons (Fsp3) is 0.167. The van der Waals surface area contributed by atoms with E-state index in [2.05, 4.69) is 6.92 Å². The van der Waals surface area contributed by atoms with Crippen LogP contribution in [0.4, 0.5) is 0 Å². The fourth-order valence-corrected chi connectivity index (χ4v) is 1.13. The van der Waals surface area contributed by atoms with Crippen molar-refractivity contribution in [2.24, 2.45) is 0 Å². The van der Waals surface area contributed by atoms with Crippen molar-refractivity contribution in [3.8, 4) is 6.19 Å². The number of rotatable bonds is 3. The Kier molecular flexibility index (Phi) is 4.11. The maximum Gasteiger partial charge on any atom is 0.256 e. The number of hydrogen-bond donors (Lipinski definition) is 1. The molecule has 0 bridgehead atoms. The number of hydrogen-bond acceptors (Lipinski definition) is 2. The van der Waals surface area contributed by atoms with E-state index in [1.807, 2.05) is 29.6 Å². The average Bonchev–Trinajstić information content (AvgIpc) is 2.27. The second-order valence-corrected chi connectivity index (χ2v) is 3.03. The molecular formula is C12H12N2O. The molecule has 3 heteroatoms. The maximum atomic E-state index is 10.9. The first kappa shape index (κ1) is 11.0. The number of carbonyl (C=O) groups excluding carboxylic acids is 1. The first-order valence-corrected chi connectivity index (χ1v) is 4.72. The number of benzene rings is 1. The quantitative estimate of drug-likeness (QED) is 0.460. The number of nitriles is 1. The van der Waals surface area contributed by atoms with Crippen molar-refractivity contribution >= 4 is 12.0 Å². The van der Waals surface area contributed by atoms with Crippen LogP contribution >= 0.6 is 0 Å². The van der Waals surface area contributed by atoms with Gasteiger partial charge in [0.2, 0.25) is 0 Å². The number of carbonyl (C=O) groups is 1. The summed E-state index contributed by atoms with van der Waals surface area (Å²) in [6.45, 7) is 2.09. The van der Waals surface area contributed by atoms with Crippen molar-refractivity contribution in [2.45, 2.75) is 13.3 Å². The summed E-state index contributed by atoms with van der Waals surface area (Å²) in [6.07, 6.45) is 5.58. The van der Waals surface area contributed by atoms with Crippen LogP contribution in [0.2, 0.25) is 0 Å². The minimum Gasteiger partial charge on any atom is -0.269 e. The van der Waals surface area contributed by atoms with Crippen LogP contribution in [-0.4, -0.2) is 5.91 Å². The molecule has 0 unspecified atom stereocenters. The lowest BCUT2D eigenvalue weighted by molar-refractivity contribution is -0.115. The summed E-state index contributed by atoms with van der Waals surface area (Å²) in [4.78, 5) is 10.9. The van der Waals surface area contributed by atoms with Crippen molar-refractivity contribution in [3.63, 3.8) is 0 Å². The Balaban J connectivity index is 2.65. The second-order valence-electron chi connectivity index (χ2n) is 3.03. The molecule has 0 aliphatic heterocycles. The standard InChI is InChI=1S/C12H12N2O/c1-2-10-3-5-11(6-4-10)7-8-12(15)14-9-13/h3-8H,2H2,1H3,(H,14,15). The van der Waals surface area contributed by atoms with Crippen LogP contribution in [0.25, 0.3) is 6.08 Å². The minimum atomic E-state index is -0.405. The third-order valence-electron chi connectivity index (χ3n) is 1.99. The monoisotopic (exact) mass is 200 g/mol. The lowest BCUT2D eigenvalue weighted by Gasteiger charge is -1.96. The molecule has 76 valence electrons. The smallest absolute Gasteiger partial charge is 0.256 e. The Labute approximate surface area is 89.0 Å². The molecule has 1 aromatic rings. The van der Waals surface area contributed by atoms with Gasteiger partial charge in [-0.2, -0.15) is 5.26 Å².